The van der Waals surface area contributed by atoms with Gasteiger partial charge >= 0.3 is 0 Å². The summed E-state index contributed by atoms with van der Waals surface area (Å²) in [6, 6.07) is 4.29. The number of isocyanates is 1. The lowest BCUT2D eigenvalue weighted by Gasteiger charge is -2.34. The van der Waals surface area contributed by atoms with E-state index in [-0.39, 0.29) is 22.0 Å². The second kappa shape index (κ2) is 6.58. The Kier molecular flexibility index (Phi) is 5.22. The smallest absolute Gasteiger partial charge is 0.211 e. The number of carbonyl (C=O) groups excluding carboxylic acids is 1. The van der Waals surface area contributed by atoms with Crippen molar-refractivity contribution in [3.8, 4) is 0 Å². The summed E-state index contributed by atoms with van der Waals surface area (Å²) in [5.74, 6) is 0. The average molecular weight is 394 g/mol. The highest BCUT2D eigenvalue weighted by atomic mass is 79.9. The van der Waals surface area contributed by atoms with E-state index in [1.54, 1.807) is 19.1 Å². The number of benzene rings is 1. The average Bonchev–Trinajstić information content (AvgIpc) is 2.38. The molecule has 1 saturated heterocycles. The van der Waals surface area contributed by atoms with Gasteiger partial charge in [0, 0.05) is 17.1 Å². The SMILES string of the molecule is CC1CC(N=C=O)CCN1S(=O)(=O)c1ccc(Br)cc1Cl. The van der Waals surface area contributed by atoms with E-state index in [4.69, 9.17) is 11.6 Å². The molecule has 0 aliphatic carbocycles. The van der Waals surface area contributed by atoms with Gasteiger partial charge in [0.1, 0.15) is 4.90 Å². The Labute approximate surface area is 137 Å². The first-order valence-corrected chi connectivity index (χ1v) is 9.01. The molecule has 2 atom stereocenters. The van der Waals surface area contributed by atoms with Crippen molar-refractivity contribution in [1.82, 2.24) is 4.31 Å². The van der Waals surface area contributed by atoms with Crippen LogP contribution in [0.4, 0.5) is 0 Å². The van der Waals surface area contributed by atoms with Gasteiger partial charge in [0.25, 0.3) is 0 Å². The molecule has 0 saturated carbocycles. The fraction of sp³-hybridized carbons (Fsp3) is 0.462. The van der Waals surface area contributed by atoms with Crippen LogP contribution in [-0.2, 0) is 14.8 Å². The molecule has 0 spiro atoms. The van der Waals surface area contributed by atoms with Crippen molar-refractivity contribution in [2.24, 2.45) is 4.99 Å². The van der Waals surface area contributed by atoms with Gasteiger partial charge in [0.05, 0.1) is 11.1 Å². The first-order chi connectivity index (χ1) is 9.86. The van der Waals surface area contributed by atoms with Gasteiger partial charge in [-0.1, -0.05) is 27.5 Å². The van der Waals surface area contributed by atoms with Gasteiger partial charge < -0.3 is 0 Å². The fourth-order valence-electron chi connectivity index (χ4n) is 2.49. The highest BCUT2D eigenvalue weighted by molar-refractivity contribution is 9.10. The molecule has 1 aromatic rings. The van der Waals surface area contributed by atoms with Crippen molar-refractivity contribution in [2.45, 2.75) is 36.7 Å². The minimum atomic E-state index is -3.66. The minimum absolute atomic E-state index is 0.0940. The molecule has 0 radical (unpaired) electrons. The summed E-state index contributed by atoms with van der Waals surface area (Å²) >= 11 is 9.31. The maximum Gasteiger partial charge on any atom is 0.244 e. The molecule has 0 bridgehead atoms. The number of aliphatic imine (C=N–C) groups is 1. The molecular weight excluding hydrogens is 380 g/mol. The van der Waals surface area contributed by atoms with Crippen molar-refractivity contribution >= 4 is 43.6 Å². The highest BCUT2D eigenvalue weighted by Crippen LogP contribution is 2.31. The summed E-state index contributed by atoms with van der Waals surface area (Å²) < 4.78 is 27.6. The molecule has 0 aromatic heterocycles. The van der Waals surface area contributed by atoms with Gasteiger partial charge in [-0.3, -0.25) is 0 Å². The molecule has 0 N–H and O–H groups in total. The van der Waals surface area contributed by atoms with Crippen molar-refractivity contribution < 1.29 is 13.2 Å². The van der Waals surface area contributed by atoms with Crippen molar-refractivity contribution in [3.05, 3.63) is 27.7 Å². The maximum absolute atomic E-state index is 12.7. The normalized spacial score (nSPS) is 23.6. The predicted octanol–water partition coefficient (Wildman–Crippen LogP) is 2.98. The van der Waals surface area contributed by atoms with E-state index in [0.717, 1.165) is 4.47 Å². The van der Waals surface area contributed by atoms with E-state index in [9.17, 15) is 13.2 Å². The monoisotopic (exact) mass is 392 g/mol. The van der Waals surface area contributed by atoms with E-state index >= 15 is 0 Å². The molecule has 8 heteroatoms. The summed E-state index contributed by atoms with van der Waals surface area (Å²) in [5.41, 5.74) is 0. The minimum Gasteiger partial charge on any atom is -0.211 e. The number of nitrogens with zero attached hydrogens (tertiary/aromatic N) is 2. The van der Waals surface area contributed by atoms with Crippen LogP contribution in [0.3, 0.4) is 0 Å². The summed E-state index contributed by atoms with van der Waals surface area (Å²) in [5, 5.41) is 0.185. The summed E-state index contributed by atoms with van der Waals surface area (Å²) in [7, 11) is -3.66. The molecule has 1 heterocycles. The third-order valence-corrected chi connectivity index (χ3v) is 6.49. The molecular formula is C13H14BrClN2O3S. The molecule has 114 valence electrons. The Balaban J connectivity index is 2.30. The molecule has 0 amide bonds. The lowest BCUT2D eigenvalue weighted by molar-refractivity contribution is 0.248. The van der Waals surface area contributed by atoms with Crippen LogP contribution in [0.5, 0.6) is 0 Å². The second-order valence-electron chi connectivity index (χ2n) is 4.94. The standard InChI is InChI=1S/C13H14BrClN2O3S/c1-9-6-11(16-8-18)4-5-17(9)21(19,20)13-3-2-10(14)7-12(13)15/h2-3,7,9,11H,4-6H2,1H3. The lowest BCUT2D eigenvalue weighted by atomic mass is 10.0. The summed E-state index contributed by atoms with van der Waals surface area (Å²) in [4.78, 5) is 14.1. The number of sulfonamides is 1. The van der Waals surface area contributed by atoms with Gasteiger partial charge in [-0.15, -0.1) is 0 Å². The zero-order chi connectivity index (χ0) is 15.6. The van der Waals surface area contributed by atoms with Gasteiger partial charge in [-0.25, -0.2) is 18.2 Å². The molecule has 1 aliphatic rings. The van der Waals surface area contributed by atoms with E-state index in [1.165, 1.54) is 16.5 Å². The van der Waals surface area contributed by atoms with Gasteiger partial charge in [-0.05, 0) is 38.0 Å². The Bertz CT molecular complexity index is 689. The Hall–Kier alpha value is -0.720. The van der Waals surface area contributed by atoms with E-state index < -0.39 is 10.0 Å². The van der Waals surface area contributed by atoms with Crippen LogP contribution in [0, 0.1) is 0 Å². The first kappa shape index (κ1) is 16.6. The van der Waals surface area contributed by atoms with Crippen LogP contribution in [0.25, 0.3) is 0 Å². The molecule has 2 rings (SSSR count). The van der Waals surface area contributed by atoms with Crippen molar-refractivity contribution in [1.29, 1.82) is 0 Å². The Morgan fingerprint density at radius 3 is 2.76 bits per heavy atom. The Morgan fingerprint density at radius 1 is 1.48 bits per heavy atom. The van der Waals surface area contributed by atoms with E-state index in [0.29, 0.717) is 19.4 Å². The van der Waals surface area contributed by atoms with Crippen molar-refractivity contribution in [3.63, 3.8) is 0 Å². The van der Waals surface area contributed by atoms with Crippen LogP contribution in [0.15, 0.2) is 32.6 Å². The van der Waals surface area contributed by atoms with Crippen LogP contribution in [0.1, 0.15) is 19.8 Å². The maximum atomic E-state index is 12.7. The van der Waals surface area contributed by atoms with Crippen LogP contribution in [0.2, 0.25) is 5.02 Å². The summed E-state index contributed by atoms with van der Waals surface area (Å²) in [6.07, 6.45) is 2.55. The molecule has 1 aromatic carbocycles. The van der Waals surface area contributed by atoms with Gasteiger partial charge in [0.15, 0.2) is 0 Å². The molecule has 1 aliphatic heterocycles. The summed E-state index contributed by atoms with van der Waals surface area (Å²) in [6.45, 7) is 2.11. The van der Waals surface area contributed by atoms with Gasteiger partial charge in [0.2, 0.25) is 16.1 Å². The largest absolute Gasteiger partial charge is 0.244 e. The molecule has 1 fully saturated rings. The predicted molar refractivity (Wildman–Crippen MR) is 83.6 cm³/mol. The number of hydrogen-bond donors (Lipinski definition) is 0. The third-order valence-electron chi connectivity index (χ3n) is 3.50. The van der Waals surface area contributed by atoms with Gasteiger partial charge in [-0.2, -0.15) is 4.31 Å². The molecule has 2 unspecified atom stereocenters. The van der Waals surface area contributed by atoms with Crippen LogP contribution >= 0.6 is 27.5 Å². The Morgan fingerprint density at radius 2 is 2.19 bits per heavy atom. The van der Waals surface area contributed by atoms with Crippen LogP contribution < -0.4 is 0 Å². The third kappa shape index (κ3) is 3.55. The number of halogens is 2. The van der Waals surface area contributed by atoms with E-state index in [2.05, 4.69) is 20.9 Å². The lowest BCUT2D eigenvalue weighted by Crippen LogP contribution is -2.45. The topological polar surface area (TPSA) is 66.8 Å². The van der Waals surface area contributed by atoms with Crippen molar-refractivity contribution in [2.75, 3.05) is 6.54 Å². The number of rotatable bonds is 3. The second-order valence-corrected chi connectivity index (χ2v) is 8.12. The first-order valence-electron chi connectivity index (χ1n) is 6.40. The highest BCUT2D eigenvalue weighted by Gasteiger charge is 2.35. The number of piperidine rings is 1. The fourth-order valence-corrected chi connectivity index (χ4v) is 5.15. The molecule has 5 nitrogen and oxygen atoms in total. The zero-order valence-corrected chi connectivity index (χ0v) is 14.4. The zero-order valence-electron chi connectivity index (χ0n) is 11.3. The number of hydrogen-bond acceptors (Lipinski definition) is 4. The quantitative estimate of drug-likeness (QED) is 0.586. The molecule has 21 heavy (non-hydrogen) atoms. The van der Waals surface area contributed by atoms with E-state index in [1.807, 2.05) is 0 Å². The van der Waals surface area contributed by atoms with Crippen LogP contribution in [-0.4, -0.2) is 37.4 Å².